The van der Waals surface area contributed by atoms with Gasteiger partial charge in [0.25, 0.3) is 0 Å². The van der Waals surface area contributed by atoms with Gasteiger partial charge < -0.3 is 19.1 Å². The first-order chi connectivity index (χ1) is 13.5. The van der Waals surface area contributed by atoms with Crippen LogP contribution in [0.5, 0.6) is 11.5 Å². The fourth-order valence-corrected chi connectivity index (χ4v) is 2.66. The molecule has 1 aliphatic rings. The summed E-state index contributed by atoms with van der Waals surface area (Å²) < 4.78 is 15.8. The van der Waals surface area contributed by atoms with Gasteiger partial charge in [-0.05, 0) is 48.0 Å². The molecule has 28 heavy (non-hydrogen) atoms. The van der Waals surface area contributed by atoms with Crippen molar-refractivity contribution in [2.45, 2.75) is 0 Å². The number of allylic oxidation sites excluding steroid dienone is 1. The van der Waals surface area contributed by atoms with Crippen LogP contribution in [0.4, 0.5) is 5.69 Å². The van der Waals surface area contributed by atoms with Crippen molar-refractivity contribution >= 4 is 23.5 Å². The highest BCUT2D eigenvalue weighted by Gasteiger charge is 2.28. The van der Waals surface area contributed by atoms with Gasteiger partial charge in [-0.25, -0.2) is 10.0 Å². The number of furan rings is 1. The van der Waals surface area contributed by atoms with E-state index in [1.807, 2.05) is 0 Å². The Balaban J connectivity index is 1.53. The lowest BCUT2D eigenvalue weighted by atomic mass is 10.1. The molecule has 0 amide bonds. The molecule has 0 fully saturated rings. The number of carbonyl (C=O) groups is 2. The highest BCUT2D eigenvalue weighted by Crippen LogP contribution is 2.35. The number of ketones is 1. The maximum Gasteiger partial charge on any atom is 0.379 e. The molecule has 4 rings (SSSR count). The summed E-state index contributed by atoms with van der Waals surface area (Å²) >= 11 is 0. The van der Waals surface area contributed by atoms with Crippen molar-refractivity contribution in [1.82, 2.24) is 0 Å². The Labute approximate surface area is 158 Å². The van der Waals surface area contributed by atoms with Crippen LogP contribution in [0, 0.1) is 5.21 Å². The van der Waals surface area contributed by atoms with Gasteiger partial charge in [0.2, 0.25) is 11.5 Å². The van der Waals surface area contributed by atoms with Crippen LogP contribution in [0.15, 0.2) is 71.0 Å². The van der Waals surface area contributed by atoms with Gasteiger partial charge in [0, 0.05) is 18.2 Å². The van der Waals surface area contributed by atoms with E-state index in [4.69, 9.17) is 19.1 Å². The largest absolute Gasteiger partial charge is 0.595 e. The zero-order valence-electron chi connectivity index (χ0n) is 14.2. The van der Waals surface area contributed by atoms with Gasteiger partial charge in [-0.2, -0.15) is 5.23 Å². The molecule has 1 aliphatic heterocycles. The zero-order chi connectivity index (χ0) is 19.7. The van der Waals surface area contributed by atoms with Gasteiger partial charge in [0.15, 0.2) is 11.4 Å². The predicted molar refractivity (Wildman–Crippen MR) is 95.3 cm³/mol. The number of esters is 1. The quantitative estimate of drug-likeness (QED) is 0.310. The van der Waals surface area contributed by atoms with Crippen molar-refractivity contribution in [2.75, 3.05) is 0 Å². The Morgan fingerprint density at radius 2 is 1.93 bits per heavy atom. The Hall–Kier alpha value is -3.72. The average Bonchev–Trinajstić information content (AvgIpc) is 3.31. The van der Waals surface area contributed by atoms with Gasteiger partial charge in [-0.3, -0.25) is 4.79 Å². The summed E-state index contributed by atoms with van der Waals surface area (Å²) in [5.74, 6) is -0.358. The van der Waals surface area contributed by atoms with Crippen molar-refractivity contribution in [2.24, 2.45) is 0 Å². The molecular weight excluding hydrogens is 366 g/mol. The number of ether oxygens (including phenoxy) is 2. The summed E-state index contributed by atoms with van der Waals surface area (Å²) in [6.45, 7) is 0. The maximum absolute atomic E-state index is 12.5. The molecule has 0 saturated carbocycles. The molecular formula is C20H13NO7. The molecule has 140 valence electrons. The number of rotatable bonds is 4. The van der Waals surface area contributed by atoms with Crippen LogP contribution in [0.2, 0.25) is 0 Å². The molecule has 1 unspecified atom stereocenters. The van der Waals surface area contributed by atoms with E-state index >= 15 is 0 Å². The van der Waals surface area contributed by atoms with E-state index in [2.05, 4.69) is 0 Å². The second-order valence-corrected chi connectivity index (χ2v) is 5.89. The molecule has 8 nitrogen and oxygen atoms in total. The maximum atomic E-state index is 12.5. The standard InChI is InChI=1S/C20H13NO7/c22-19-15-8-7-14(27-20(23)16-2-1-9-26-16)11-17(15)28-18(19)10-12-3-5-13(6-4-12)21(24)25/h1-11,21,24H. The van der Waals surface area contributed by atoms with E-state index in [1.165, 1.54) is 48.7 Å². The third-order valence-corrected chi connectivity index (χ3v) is 4.03. The Morgan fingerprint density at radius 1 is 1.14 bits per heavy atom. The molecule has 2 N–H and O–H groups in total. The summed E-state index contributed by atoms with van der Waals surface area (Å²) in [7, 11) is 0. The van der Waals surface area contributed by atoms with Gasteiger partial charge in [0.05, 0.1) is 11.8 Å². The number of hydrogen-bond acceptors (Lipinski definition) is 7. The van der Waals surface area contributed by atoms with Crippen molar-refractivity contribution in [3.8, 4) is 11.5 Å². The molecule has 0 radical (unpaired) electrons. The van der Waals surface area contributed by atoms with E-state index in [1.54, 1.807) is 18.2 Å². The molecule has 1 atom stereocenters. The summed E-state index contributed by atoms with van der Waals surface area (Å²) in [6, 6.07) is 13.5. The van der Waals surface area contributed by atoms with Crippen LogP contribution >= 0.6 is 0 Å². The van der Waals surface area contributed by atoms with E-state index in [0.29, 0.717) is 11.1 Å². The number of hydrogen-bond donors (Lipinski definition) is 2. The van der Waals surface area contributed by atoms with Crippen molar-refractivity contribution in [3.63, 3.8) is 0 Å². The van der Waals surface area contributed by atoms with Gasteiger partial charge in [-0.15, -0.1) is 0 Å². The number of benzene rings is 2. The lowest BCUT2D eigenvalue weighted by Gasteiger charge is -2.10. The zero-order valence-corrected chi connectivity index (χ0v) is 14.2. The monoisotopic (exact) mass is 379 g/mol. The fourth-order valence-electron chi connectivity index (χ4n) is 2.66. The summed E-state index contributed by atoms with van der Waals surface area (Å²) in [4.78, 5) is 24.4. The van der Waals surface area contributed by atoms with Crippen LogP contribution in [0.1, 0.15) is 26.5 Å². The lowest BCUT2D eigenvalue weighted by molar-refractivity contribution is -0.991. The van der Waals surface area contributed by atoms with Crippen molar-refractivity contribution < 1.29 is 33.9 Å². The number of Topliss-reactive ketones (excluding diaryl/α,β-unsaturated/α-hetero) is 1. The minimum atomic E-state index is -1.03. The van der Waals surface area contributed by atoms with Crippen molar-refractivity contribution in [1.29, 1.82) is 0 Å². The lowest BCUT2D eigenvalue weighted by Crippen LogP contribution is -2.99. The van der Waals surface area contributed by atoms with E-state index in [9.17, 15) is 14.8 Å². The topological polar surface area (TPSA) is 113 Å². The van der Waals surface area contributed by atoms with E-state index in [0.717, 1.165) is 0 Å². The highest BCUT2D eigenvalue weighted by molar-refractivity contribution is 6.14. The molecule has 8 heteroatoms. The van der Waals surface area contributed by atoms with E-state index in [-0.39, 0.29) is 34.5 Å². The summed E-state index contributed by atoms with van der Waals surface area (Å²) in [5, 5.41) is 18.8. The highest BCUT2D eigenvalue weighted by atomic mass is 16.8. The van der Waals surface area contributed by atoms with Crippen LogP contribution in [0.3, 0.4) is 0 Å². The second-order valence-electron chi connectivity index (χ2n) is 5.89. The number of quaternary nitrogens is 1. The predicted octanol–water partition coefficient (Wildman–Crippen LogP) is 2.52. The Bertz CT molecular complexity index is 1070. The van der Waals surface area contributed by atoms with E-state index < -0.39 is 11.2 Å². The van der Waals surface area contributed by atoms with Crippen LogP contribution in [-0.2, 0) is 0 Å². The number of carbonyl (C=O) groups excluding carboxylic acids is 2. The van der Waals surface area contributed by atoms with Crippen LogP contribution in [-0.4, -0.2) is 17.0 Å². The Morgan fingerprint density at radius 3 is 2.61 bits per heavy atom. The third-order valence-electron chi connectivity index (χ3n) is 4.03. The van der Waals surface area contributed by atoms with Crippen LogP contribution < -0.4 is 14.7 Å². The summed E-state index contributed by atoms with van der Waals surface area (Å²) in [6.07, 6.45) is 2.88. The molecule has 0 saturated heterocycles. The third kappa shape index (κ3) is 3.42. The molecule has 2 heterocycles. The molecule has 0 bridgehead atoms. The second kappa shape index (κ2) is 7.12. The van der Waals surface area contributed by atoms with Gasteiger partial charge in [0.1, 0.15) is 11.5 Å². The molecule has 2 aromatic carbocycles. The minimum absolute atomic E-state index is 0.0582. The SMILES string of the molecule is O=C(Oc1ccc2c(c1)OC(=Cc1ccc([NH+]([O-])O)cc1)C2=O)c1ccco1. The summed E-state index contributed by atoms with van der Waals surface area (Å²) in [5.41, 5.74) is 1.10. The minimum Gasteiger partial charge on any atom is -0.595 e. The van der Waals surface area contributed by atoms with Gasteiger partial charge >= 0.3 is 5.97 Å². The van der Waals surface area contributed by atoms with Crippen molar-refractivity contribution in [3.05, 3.63) is 88.7 Å². The fraction of sp³-hybridized carbons (Fsp3) is 0. The molecule has 1 aromatic heterocycles. The Kier molecular flexibility index (Phi) is 4.50. The number of nitrogens with one attached hydrogen (secondary N) is 1. The molecule has 0 spiro atoms. The molecule has 3 aromatic rings. The van der Waals surface area contributed by atoms with Crippen LogP contribution in [0.25, 0.3) is 6.08 Å². The average molecular weight is 379 g/mol. The smallest absolute Gasteiger partial charge is 0.379 e. The van der Waals surface area contributed by atoms with Gasteiger partial charge in [-0.1, -0.05) is 0 Å². The first kappa shape index (κ1) is 17.7. The molecule has 0 aliphatic carbocycles. The first-order valence-corrected chi connectivity index (χ1v) is 8.18. The normalized spacial score (nSPS) is 15.2. The first-order valence-electron chi connectivity index (χ1n) is 8.18. The number of fused-ring (bicyclic) bond motifs is 1.